The summed E-state index contributed by atoms with van der Waals surface area (Å²) in [4.78, 5) is 15.4. The Labute approximate surface area is 171 Å². The second kappa shape index (κ2) is 8.66. The van der Waals surface area contributed by atoms with Gasteiger partial charge in [0.15, 0.2) is 0 Å². The number of carbonyl (C=O) groups is 1. The molecule has 2 atom stereocenters. The number of H-pyrrole nitrogens is 1. The highest BCUT2D eigenvalue weighted by Crippen LogP contribution is 2.30. The van der Waals surface area contributed by atoms with E-state index < -0.39 is 0 Å². The third-order valence-corrected chi connectivity index (χ3v) is 6.57. The van der Waals surface area contributed by atoms with Crippen molar-refractivity contribution in [3.05, 3.63) is 40.5 Å². The molecular weight excluding hydrogens is 372 g/mol. The predicted molar refractivity (Wildman–Crippen MR) is 112 cm³/mol. The molecule has 1 aromatic heterocycles. The highest BCUT2D eigenvalue weighted by Gasteiger charge is 2.33. The average molecular weight is 401 g/mol. The lowest BCUT2D eigenvalue weighted by Crippen LogP contribution is -2.51. The molecule has 0 bridgehead atoms. The minimum absolute atomic E-state index is 0.0765. The van der Waals surface area contributed by atoms with Crippen molar-refractivity contribution in [1.82, 2.24) is 20.4 Å². The van der Waals surface area contributed by atoms with Gasteiger partial charge in [-0.15, -0.1) is 0 Å². The Hall–Kier alpha value is -1.85. The van der Waals surface area contributed by atoms with E-state index in [1.807, 2.05) is 31.2 Å². The fraction of sp³-hybridized carbons (Fsp3) is 0.545. The van der Waals surface area contributed by atoms with Crippen LogP contribution in [0.15, 0.2) is 24.3 Å². The molecule has 1 amide bonds. The number of aromatic amines is 1. The number of nitrogens with one attached hydrogen (secondary N) is 2. The summed E-state index contributed by atoms with van der Waals surface area (Å²) in [6.45, 7) is 5.21. The molecule has 0 spiro atoms. The number of benzene rings is 1. The molecular formula is C22H29ClN4O. The molecule has 2 saturated heterocycles. The molecule has 1 aromatic carbocycles. The number of fused-ring (bicyclic) bond motifs is 1. The fourth-order valence-corrected chi connectivity index (χ4v) is 4.92. The van der Waals surface area contributed by atoms with Crippen LogP contribution < -0.4 is 5.32 Å². The molecule has 4 rings (SSSR count). The van der Waals surface area contributed by atoms with E-state index in [1.165, 1.54) is 45.2 Å². The van der Waals surface area contributed by atoms with Gasteiger partial charge >= 0.3 is 0 Å². The second-order valence-corrected chi connectivity index (χ2v) is 8.60. The Morgan fingerprint density at radius 3 is 2.82 bits per heavy atom. The van der Waals surface area contributed by atoms with Crippen molar-refractivity contribution in [2.75, 3.05) is 19.6 Å². The third kappa shape index (κ3) is 4.26. The molecule has 0 aliphatic carbocycles. The summed E-state index contributed by atoms with van der Waals surface area (Å²) in [6, 6.07) is 8.24. The van der Waals surface area contributed by atoms with Crippen LogP contribution in [0.4, 0.5) is 0 Å². The average Bonchev–Trinajstić information content (AvgIpc) is 3.07. The van der Waals surface area contributed by atoms with Gasteiger partial charge in [-0.2, -0.15) is 5.10 Å². The molecule has 3 heterocycles. The van der Waals surface area contributed by atoms with E-state index >= 15 is 0 Å². The van der Waals surface area contributed by atoms with Crippen LogP contribution in [-0.4, -0.2) is 46.7 Å². The van der Waals surface area contributed by atoms with Crippen molar-refractivity contribution < 1.29 is 4.79 Å². The highest BCUT2D eigenvalue weighted by atomic mass is 35.5. The first-order chi connectivity index (χ1) is 13.6. The summed E-state index contributed by atoms with van der Waals surface area (Å²) >= 11 is 6.00. The standard InChI is InChI=1S/C22H29ClN4O/c1-15-19(22(26-25-15)16-7-9-18(23)10-8-16)13-21(28)24-14-17-5-4-12-27-11-3-2-6-20(17)27/h7-10,17,20H,2-6,11-14H2,1H3,(H,24,28)(H,25,26)/t17-,20-/m1/s1. The first kappa shape index (κ1) is 19.5. The molecule has 0 saturated carbocycles. The van der Waals surface area contributed by atoms with Crippen LogP contribution >= 0.6 is 11.6 Å². The normalized spacial score (nSPS) is 22.6. The number of aromatic nitrogens is 2. The first-order valence-corrected chi connectivity index (χ1v) is 10.8. The fourth-order valence-electron chi connectivity index (χ4n) is 4.80. The zero-order chi connectivity index (χ0) is 19.5. The molecule has 2 aliphatic heterocycles. The van der Waals surface area contributed by atoms with Crippen molar-refractivity contribution in [2.24, 2.45) is 5.92 Å². The molecule has 0 unspecified atom stereocenters. The van der Waals surface area contributed by atoms with E-state index in [9.17, 15) is 4.79 Å². The second-order valence-electron chi connectivity index (χ2n) is 8.16. The molecule has 5 nitrogen and oxygen atoms in total. The van der Waals surface area contributed by atoms with Crippen LogP contribution in [-0.2, 0) is 11.2 Å². The summed E-state index contributed by atoms with van der Waals surface area (Å²) in [7, 11) is 0. The van der Waals surface area contributed by atoms with Crippen molar-refractivity contribution >= 4 is 17.5 Å². The Bertz CT molecular complexity index is 814. The lowest BCUT2D eigenvalue weighted by atomic mass is 9.83. The largest absolute Gasteiger partial charge is 0.355 e. The quantitative estimate of drug-likeness (QED) is 0.798. The first-order valence-electron chi connectivity index (χ1n) is 10.4. The summed E-state index contributed by atoms with van der Waals surface area (Å²) in [5.41, 5.74) is 3.71. The molecule has 6 heteroatoms. The summed E-state index contributed by atoms with van der Waals surface area (Å²) in [5, 5.41) is 11.4. The number of halogens is 1. The Morgan fingerprint density at radius 1 is 1.21 bits per heavy atom. The maximum absolute atomic E-state index is 12.7. The Kier molecular flexibility index (Phi) is 6.02. The summed E-state index contributed by atoms with van der Waals surface area (Å²) in [5.74, 6) is 0.659. The number of hydrogen-bond acceptors (Lipinski definition) is 3. The van der Waals surface area contributed by atoms with Gasteiger partial charge in [0.2, 0.25) is 5.91 Å². The van der Waals surface area contributed by atoms with Crippen molar-refractivity contribution in [1.29, 1.82) is 0 Å². The Morgan fingerprint density at radius 2 is 2.00 bits per heavy atom. The molecule has 2 N–H and O–H groups in total. The van der Waals surface area contributed by atoms with Gasteiger partial charge < -0.3 is 10.2 Å². The van der Waals surface area contributed by atoms with Gasteiger partial charge in [-0.1, -0.05) is 30.2 Å². The van der Waals surface area contributed by atoms with Gasteiger partial charge in [-0.25, -0.2) is 0 Å². The minimum atomic E-state index is 0.0765. The molecule has 2 fully saturated rings. The van der Waals surface area contributed by atoms with Crippen molar-refractivity contribution in [3.8, 4) is 11.3 Å². The van der Waals surface area contributed by atoms with Crippen LogP contribution in [0.2, 0.25) is 5.02 Å². The van der Waals surface area contributed by atoms with Gasteiger partial charge in [0.05, 0.1) is 12.1 Å². The number of amides is 1. The number of hydrogen-bond donors (Lipinski definition) is 2. The van der Waals surface area contributed by atoms with E-state index in [-0.39, 0.29) is 5.91 Å². The molecule has 28 heavy (non-hydrogen) atoms. The van der Waals surface area contributed by atoms with Gasteiger partial charge in [-0.05, 0) is 63.7 Å². The maximum atomic E-state index is 12.7. The van der Waals surface area contributed by atoms with E-state index in [0.717, 1.165) is 29.1 Å². The van der Waals surface area contributed by atoms with E-state index in [0.29, 0.717) is 23.4 Å². The van der Waals surface area contributed by atoms with E-state index in [2.05, 4.69) is 20.4 Å². The summed E-state index contributed by atoms with van der Waals surface area (Å²) in [6.07, 6.45) is 6.75. The van der Waals surface area contributed by atoms with Gasteiger partial charge in [0.25, 0.3) is 0 Å². The lowest BCUT2D eigenvalue weighted by molar-refractivity contribution is -0.120. The highest BCUT2D eigenvalue weighted by molar-refractivity contribution is 6.30. The van der Waals surface area contributed by atoms with Crippen LogP contribution in [0.3, 0.4) is 0 Å². The molecule has 2 aliphatic rings. The molecule has 2 aromatic rings. The van der Waals surface area contributed by atoms with E-state index in [4.69, 9.17) is 11.6 Å². The van der Waals surface area contributed by atoms with Crippen LogP contribution in [0.25, 0.3) is 11.3 Å². The predicted octanol–water partition coefficient (Wildman–Crippen LogP) is 3.96. The van der Waals surface area contributed by atoms with Crippen LogP contribution in [0.1, 0.15) is 43.4 Å². The third-order valence-electron chi connectivity index (χ3n) is 6.32. The Balaban J connectivity index is 1.39. The number of rotatable bonds is 5. The number of aryl methyl sites for hydroxylation is 1. The monoisotopic (exact) mass is 400 g/mol. The number of piperidine rings is 2. The van der Waals surface area contributed by atoms with Crippen LogP contribution in [0, 0.1) is 12.8 Å². The zero-order valence-corrected chi connectivity index (χ0v) is 17.3. The minimum Gasteiger partial charge on any atom is -0.355 e. The van der Waals surface area contributed by atoms with Gasteiger partial charge in [0.1, 0.15) is 0 Å². The lowest BCUT2D eigenvalue weighted by Gasteiger charge is -2.44. The molecule has 150 valence electrons. The SMILES string of the molecule is Cc1[nH]nc(-c2ccc(Cl)cc2)c1CC(=O)NC[C@H]1CCCN2CCCC[C@H]12. The van der Waals surface area contributed by atoms with Crippen LogP contribution in [0.5, 0.6) is 0 Å². The van der Waals surface area contributed by atoms with Crippen molar-refractivity contribution in [2.45, 2.75) is 51.5 Å². The van der Waals surface area contributed by atoms with Crippen molar-refractivity contribution in [3.63, 3.8) is 0 Å². The number of carbonyl (C=O) groups excluding carboxylic acids is 1. The zero-order valence-electron chi connectivity index (χ0n) is 16.5. The maximum Gasteiger partial charge on any atom is 0.224 e. The summed E-state index contributed by atoms with van der Waals surface area (Å²) < 4.78 is 0. The van der Waals surface area contributed by atoms with Gasteiger partial charge in [0, 0.05) is 34.4 Å². The number of nitrogens with zero attached hydrogens (tertiary/aromatic N) is 2. The van der Waals surface area contributed by atoms with E-state index in [1.54, 1.807) is 0 Å². The topological polar surface area (TPSA) is 61.0 Å². The smallest absolute Gasteiger partial charge is 0.224 e. The van der Waals surface area contributed by atoms with Gasteiger partial charge in [-0.3, -0.25) is 9.89 Å². The molecule has 0 radical (unpaired) electrons.